The quantitative estimate of drug-likeness (QED) is 0.391. The molecule has 34 heavy (non-hydrogen) atoms. The van der Waals surface area contributed by atoms with Crippen LogP contribution in [0.4, 0.5) is 0 Å². The maximum atomic E-state index is 12.9. The van der Waals surface area contributed by atoms with E-state index in [4.69, 9.17) is 4.74 Å². The summed E-state index contributed by atoms with van der Waals surface area (Å²) < 4.78 is 6.81. The summed E-state index contributed by atoms with van der Waals surface area (Å²) in [7, 11) is 0. The number of nitrogens with one attached hydrogen (secondary N) is 1. The highest BCUT2D eigenvalue weighted by Crippen LogP contribution is 2.31. The lowest BCUT2D eigenvalue weighted by Crippen LogP contribution is -2.33. The number of H-pyrrole nitrogens is 1. The molecule has 3 N–H and O–H groups in total. The van der Waals surface area contributed by atoms with Gasteiger partial charge in [0.25, 0.3) is 5.56 Å². The molecule has 11 nitrogen and oxygen atoms in total. The number of hydrogen-bond donors (Lipinski definition) is 3. The van der Waals surface area contributed by atoms with Gasteiger partial charge in [0.2, 0.25) is 0 Å². The first-order valence-electron chi connectivity index (χ1n) is 10.6. The second-order valence-electron chi connectivity index (χ2n) is 7.75. The molecule has 0 amide bonds. The van der Waals surface area contributed by atoms with E-state index in [0.29, 0.717) is 28.3 Å². The minimum atomic E-state index is -0.945. The van der Waals surface area contributed by atoms with E-state index in [1.165, 1.54) is 10.8 Å². The molecule has 5 rings (SSSR count). The lowest BCUT2D eigenvalue weighted by atomic mass is 10.0. The largest absolute Gasteiger partial charge is 0.394 e. The molecule has 0 unspecified atom stereocenters. The molecule has 5 heterocycles. The van der Waals surface area contributed by atoms with E-state index in [0.717, 1.165) is 0 Å². The zero-order valence-electron chi connectivity index (χ0n) is 17.8. The number of pyridine rings is 2. The summed E-state index contributed by atoms with van der Waals surface area (Å²) in [6, 6.07) is 12.3. The third-order valence-corrected chi connectivity index (χ3v) is 5.58. The maximum Gasteiger partial charge on any atom is 0.330 e. The highest BCUT2D eigenvalue weighted by Gasteiger charge is 2.35. The topological polar surface area (TPSA) is 156 Å². The molecule has 0 aromatic carbocycles. The van der Waals surface area contributed by atoms with Crippen molar-refractivity contribution in [2.45, 2.75) is 24.9 Å². The van der Waals surface area contributed by atoms with Gasteiger partial charge in [-0.05, 0) is 30.3 Å². The van der Waals surface area contributed by atoms with Crippen LogP contribution in [0.25, 0.3) is 33.9 Å². The number of aromatic amines is 1. The minimum Gasteiger partial charge on any atom is -0.394 e. The summed E-state index contributed by atoms with van der Waals surface area (Å²) in [5, 5.41) is 28.1. The van der Waals surface area contributed by atoms with Crippen molar-refractivity contribution in [2.75, 3.05) is 6.61 Å². The number of rotatable bonds is 5. The first kappa shape index (κ1) is 21.8. The molecule has 3 atom stereocenters. The van der Waals surface area contributed by atoms with Crippen LogP contribution in [0, 0.1) is 0 Å². The monoisotopic (exact) mass is 460 g/mol. The molecule has 0 radical (unpaired) electrons. The van der Waals surface area contributed by atoms with E-state index in [9.17, 15) is 19.8 Å². The average Bonchev–Trinajstić information content (AvgIpc) is 3.25. The first-order valence-corrected chi connectivity index (χ1v) is 10.6. The molecule has 1 fully saturated rings. The lowest BCUT2D eigenvalue weighted by Gasteiger charge is -2.16. The Morgan fingerprint density at radius 3 is 2.38 bits per heavy atom. The van der Waals surface area contributed by atoms with Crippen molar-refractivity contribution in [1.29, 1.82) is 0 Å². The molecular weight excluding hydrogens is 440 g/mol. The van der Waals surface area contributed by atoms with Gasteiger partial charge in [0.15, 0.2) is 0 Å². The number of aromatic nitrogens is 6. The number of hydrogen-bond acceptors (Lipinski definition) is 9. The van der Waals surface area contributed by atoms with Gasteiger partial charge in [0.1, 0.15) is 23.7 Å². The van der Waals surface area contributed by atoms with Gasteiger partial charge in [-0.2, -0.15) is 0 Å². The molecule has 4 aromatic heterocycles. The van der Waals surface area contributed by atoms with Crippen molar-refractivity contribution >= 4 is 0 Å². The van der Waals surface area contributed by atoms with E-state index in [-0.39, 0.29) is 12.0 Å². The lowest BCUT2D eigenvalue weighted by molar-refractivity contribution is -0.0458. The van der Waals surface area contributed by atoms with E-state index in [1.54, 1.807) is 48.8 Å². The Kier molecular flexibility index (Phi) is 5.80. The highest BCUT2D eigenvalue weighted by atomic mass is 16.5. The fraction of sp³-hybridized carbons (Fsp3) is 0.217. The van der Waals surface area contributed by atoms with Crippen molar-refractivity contribution in [3.8, 4) is 33.9 Å². The minimum absolute atomic E-state index is 0.0808. The smallest absolute Gasteiger partial charge is 0.330 e. The van der Waals surface area contributed by atoms with Crippen LogP contribution < -0.4 is 11.2 Å². The Hall–Kier alpha value is -4.06. The summed E-state index contributed by atoms with van der Waals surface area (Å²) in [5.41, 5.74) is 1.02. The van der Waals surface area contributed by atoms with Gasteiger partial charge in [-0.15, -0.1) is 10.2 Å². The SMILES string of the molecule is O=c1[nH]c(=O)n([C@H]2C[C@@H](O)[C@@H](CO)O2)cc1-c1cc(-c2ccccn2)nnc1-c1ccccn1. The molecule has 0 saturated carbocycles. The Bertz CT molecular complexity index is 1420. The fourth-order valence-corrected chi connectivity index (χ4v) is 3.87. The van der Waals surface area contributed by atoms with Crippen molar-refractivity contribution in [1.82, 2.24) is 29.7 Å². The summed E-state index contributed by atoms with van der Waals surface area (Å²) >= 11 is 0. The van der Waals surface area contributed by atoms with E-state index in [1.807, 2.05) is 6.07 Å². The van der Waals surface area contributed by atoms with Crippen LogP contribution in [0.15, 0.2) is 70.6 Å². The van der Waals surface area contributed by atoms with Crippen LogP contribution in [0.5, 0.6) is 0 Å². The average molecular weight is 460 g/mol. The molecule has 0 spiro atoms. The number of aliphatic hydroxyl groups excluding tert-OH is 2. The van der Waals surface area contributed by atoms with Crippen molar-refractivity contribution < 1.29 is 14.9 Å². The number of aliphatic hydroxyl groups is 2. The van der Waals surface area contributed by atoms with Gasteiger partial charge >= 0.3 is 5.69 Å². The zero-order valence-corrected chi connectivity index (χ0v) is 17.8. The summed E-state index contributed by atoms with van der Waals surface area (Å²) in [5.74, 6) is 0. The second-order valence-corrected chi connectivity index (χ2v) is 7.75. The predicted octanol–water partition coefficient (Wildman–Crippen LogP) is 0.758. The zero-order chi connectivity index (χ0) is 23.7. The fourth-order valence-electron chi connectivity index (χ4n) is 3.87. The first-order chi connectivity index (χ1) is 16.5. The normalized spacial score (nSPS) is 19.9. The molecule has 11 heteroatoms. The molecule has 4 aromatic rings. The van der Waals surface area contributed by atoms with E-state index < -0.39 is 36.3 Å². The standard InChI is InChI=1S/C23H20N6O5/c30-12-19-18(31)10-20(34-19)29-11-14(22(32)26-23(29)33)13-9-17(15-5-1-3-7-24-15)27-28-21(13)16-6-2-4-8-25-16/h1-9,11,18-20,30-31H,10,12H2,(H,26,32,33)/t18-,19-,20-/m1/s1. The maximum absolute atomic E-state index is 12.9. The molecule has 0 bridgehead atoms. The summed E-state index contributed by atoms with van der Waals surface area (Å²) in [4.78, 5) is 36.5. The van der Waals surface area contributed by atoms with Crippen LogP contribution in [0.1, 0.15) is 12.6 Å². The Morgan fingerprint density at radius 1 is 1.00 bits per heavy atom. The van der Waals surface area contributed by atoms with Crippen LogP contribution in [0.3, 0.4) is 0 Å². The molecular formula is C23H20N6O5. The number of nitrogens with zero attached hydrogens (tertiary/aromatic N) is 5. The van der Waals surface area contributed by atoms with Gasteiger partial charge < -0.3 is 14.9 Å². The van der Waals surface area contributed by atoms with Gasteiger partial charge in [-0.3, -0.25) is 24.3 Å². The van der Waals surface area contributed by atoms with E-state index in [2.05, 4.69) is 25.1 Å². The third kappa shape index (κ3) is 4.03. The third-order valence-electron chi connectivity index (χ3n) is 5.58. The van der Waals surface area contributed by atoms with Crippen LogP contribution in [-0.2, 0) is 4.74 Å². The highest BCUT2D eigenvalue weighted by molar-refractivity contribution is 5.80. The summed E-state index contributed by atoms with van der Waals surface area (Å²) in [6.45, 7) is -0.395. The number of ether oxygens (including phenoxy) is 1. The van der Waals surface area contributed by atoms with Gasteiger partial charge in [-0.25, -0.2) is 4.79 Å². The van der Waals surface area contributed by atoms with Crippen LogP contribution in [-0.4, -0.2) is 58.7 Å². The van der Waals surface area contributed by atoms with Gasteiger partial charge in [0.05, 0.1) is 29.7 Å². The Balaban J connectivity index is 1.69. The van der Waals surface area contributed by atoms with Crippen LogP contribution in [0.2, 0.25) is 0 Å². The van der Waals surface area contributed by atoms with Crippen molar-refractivity contribution in [2.24, 2.45) is 0 Å². The van der Waals surface area contributed by atoms with Gasteiger partial charge in [0, 0.05) is 30.6 Å². The van der Waals surface area contributed by atoms with Gasteiger partial charge in [-0.1, -0.05) is 12.1 Å². The molecule has 1 saturated heterocycles. The summed E-state index contributed by atoms with van der Waals surface area (Å²) in [6.07, 6.45) is 2.03. The molecule has 172 valence electrons. The predicted molar refractivity (Wildman–Crippen MR) is 120 cm³/mol. The van der Waals surface area contributed by atoms with Crippen molar-refractivity contribution in [3.05, 3.63) is 81.9 Å². The molecule has 1 aliphatic heterocycles. The Labute approximate surface area is 192 Å². The van der Waals surface area contributed by atoms with E-state index >= 15 is 0 Å². The van der Waals surface area contributed by atoms with Crippen LogP contribution >= 0.6 is 0 Å². The van der Waals surface area contributed by atoms with Crippen molar-refractivity contribution in [3.63, 3.8) is 0 Å². The molecule has 1 aliphatic rings. The molecule has 0 aliphatic carbocycles. The second kappa shape index (κ2) is 9.06. The Morgan fingerprint density at radius 2 is 1.74 bits per heavy atom.